The van der Waals surface area contributed by atoms with Crippen LogP contribution in [-0.2, 0) is 0 Å². The zero-order chi connectivity index (χ0) is 16.5. The molecule has 0 radical (unpaired) electrons. The number of nitrogens with one attached hydrogen (secondary N) is 2. The number of nitrogens with zero attached hydrogens (tertiary/aromatic N) is 1. The Morgan fingerprint density at radius 3 is 2.41 bits per heavy atom. The molecule has 2 rings (SSSR count). The van der Waals surface area contributed by atoms with E-state index in [0.29, 0.717) is 5.56 Å². The number of phenols is 1. The van der Waals surface area contributed by atoms with Crippen LogP contribution in [-0.4, -0.2) is 29.2 Å². The minimum absolute atomic E-state index is 0.0411. The maximum Gasteiger partial charge on any atom is 0.270 e. The van der Waals surface area contributed by atoms with Gasteiger partial charge in [0.15, 0.2) is 0 Å². The Labute approximate surface area is 126 Å². The molecule has 0 unspecified atom stereocenters. The third-order valence-electron chi connectivity index (χ3n) is 2.64. The zero-order valence-corrected chi connectivity index (χ0v) is 11.8. The molecule has 0 aliphatic heterocycles. The second kappa shape index (κ2) is 8.15. The van der Waals surface area contributed by atoms with Crippen LogP contribution in [0.3, 0.4) is 0 Å². The maximum atomic E-state index is 10.9. The van der Waals surface area contributed by atoms with Gasteiger partial charge >= 0.3 is 0 Å². The molecule has 0 aliphatic rings. The van der Waals surface area contributed by atoms with E-state index >= 15 is 0 Å². The van der Waals surface area contributed by atoms with Crippen molar-refractivity contribution in [3.05, 3.63) is 69.8 Å². The van der Waals surface area contributed by atoms with Gasteiger partial charge in [-0.3, -0.25) is 14.9 Å². The number of rotatable bonds is 3. The first-order valence-electron chi connectivity index (χ1n) is 6.24. The molecule has 3 N–H and O–H groups in total. The molecule has 0 saturated heterocycles. The molecule has 7 nitrogen and oxygen atoms in total. The van der Waals surface area contributed by atoms with E-state index in [1.807, 2.05) is 18.2 Å². The molecular weight excluding hydrogens is 286 g/mol. The Hall–Kier alpha value is -3.22. The van der Waals surface area contributed by atoms with Crippen LogP contribution in [0.15, 0.2) is 48.5 Å². The predicted octanol–water partition coefficient (Wildman–Crippen LogP) is 2.34. The topological polar surface area (TPSA) is 116 Å². The monoisotopic (exact) mass is 301 g/mol. The smallest absolute Gasteiger partial charge is 0.270 e. The lowest BCUT2D eigenvalue weighted by Crippen LogP contribution is -2.17. The fraction of sp³-hybridized carbons (Fsp3) is 0.0667. The van der Waals surface area contributed by atoms with Crippen molar-refractivity contribution in [2.75, 3.05) is 7.05 Å². The summed E-state index contributed by atoms with van der Waals surface area (Å²) in [5, 5.41) is 28.6. The first-order chi connectivity index (χ1) is 10.5. The van der Waals surface area contributed by atoms with E-state index in [0.717, 1.165) is 12.3 Å². The van der Waals surface area contributed by atoms with Gasteiger partial charge in [-0.2, -0.15) is 0 Å². The lowest BCUT2D eigenvalue weighted by atomic mass is 10.2. The number of hydrogen-bond donors (Lipinski definition) is 3. The number of non-ortho nitro benzene ring substituents is 1. The number of benzene rings is 2. The average Bonchev–Trinajstić information content (AvgIpc) is 2.55. The molecule has 0 spiro atoms. The minimum Gasteiger partial charge on any atom is -0.507 e. The number of nitro groups is 1. The normalized spacial score (nSPS) is 9.14. The van der Waals surface area contributed by atoms with E-state index in [2.05, 4.69) is 5.32 Å². The van der Waals surface area contributed by atoms with Gasteiger partial charge in [-0.05, 0) is 18.2 Å². The Morgan fingerprint density at radius 2 is 1.91 bits per heavy atom. The van der Waals surface area contributed by atoms with Crippen molar-refractivity contribution in [2.45, 2.75) is 0 Å². The number of hydrogen-bond acceptors (Lipinski definition) is 5. The zero-order valence-electron chi connectivity index (χ0n) is 11.8. The first-order valence-corrected chi connectivity index (χ1v) is 6.24. The van der Waals surface area contributed by atoms with Crippen LogP contribution in [0, 0.1) is 15.5 Å². The van der Waals surface area contributed by atoms with Gasteiger partial charge in [-0.15, -0.1) is 0 Å². The molecule has 0 atom stereocenters. The number of phenolic OH excluding ortho intramolecular Hbond substituents is 1. The summed E-state index contributed by atoms with van der Waals surface area (Å²) in [4.78, 5) is 20.6. The van der Waals surface area contributed by atoms with Crippen molar-refractivity contribution >= 4 is 17.8 Å². The highest BCUT2D eigenvalue weighted by Gasteiger charge is 2.07. The molecule has 0 saturated carbocycles. The van der Waals surface area contributed by atoms with Gasteiger partial charge < -0.3 is 15.8 Å². The van der Waals surface area contributed by atoms with Crippen LogP contribution in [0.25, 0.3) is 0 Å². The number of aromatic hydroxyl groups is 1. The van der Waals surface area contributed by atoms with Gasteiger partial charge in [0, 0.05) is 36.5 Å². The van der Waals surface area contributed by atoms with Crippen molar-refractivity contribution in [1.82, 2.24) is 5.32 Å². The third-order valence-corrected chi connectivity index (χ3v) is 2.64. The van der Waals surface area contributed by atoms with Crippen molar-refractivity contribution < 1.29 is 14.8 Å². The van der Waals surface area contributed by atoms with Gasteiger partial charge in [-0.25, -0.2) is 0 Å². The summed E-state index contributed by atoms with van der Waals surface area (Å²) in [7, 11) is 1.62. The summed E-state index contributed by atoms with van der Waals surface area (Å²) in [6.45, 7) is 0. The van der Waals surface area contributed by atoms with E-state index < -0.39 is 4.92 Å². The summed E-state index contributed by atoms with van der Waals surface area (Å²) < 4.78 is 0. The second-order valence-corrected chi connectivity index (χ2v) is 4.09. The lowest BCUT2D eigenvalue weighted by Gasteiger charge is -1.96. The van der Waals surface area contributed by atoms with Gasteiger partial charge in [-0.1, -0.05) is 18.2 Å². The Morgan fingerprint density at radius 1 is 1.27 bits per heavy atom. The van der Waals surface area contributed by atoms with E-state index in [1.165, 1.54) is 12.1 Å². The SMILES string of the molecule is CNC(=O)c1ccccc1.N=Cc1cc([N+](=O)[O-])ccc1O. The summed E-state index contributed by atoms with van der Waals surface area (Å²) in [5.41, 5.74) is 0.709. The highest BCUT2D eigenvalue weighted by molar-refractivity contribution is 5.93. The second-order valence-electron chi connectivity index (χ2n) is 4.09. The molecule has 114 valence electrons. The molecule has 1 amide bonds. The molecule has 0 aromatic heterocycles. The average molecular weight is 301 g/mol. The Kier molecular flexibility index (Phi) is 6.24. The van der Waals surface area contributed by atoms with Gasteiger partial charge in [0.2, 0.25) is 0 Å². The summed E-state index contributed by atoms with van der Waals surface area (Å²) in [6, 6.07) is 12.6. The van der Waals surface area contributed by atoms with E-state index in [9.17, 15) is 14.9 Å². The third kappa shape index (κ3) is 4.71. The van der Waals surface area contributed by atoms with Crippen LogP contribution in [0.5, 0.6) is 5.75 Å². The Balaban J connectivity index is 0.000000224. The molecule has 2 aromatic carbocycles. The maximum absolute atomic E-state index is 10.9. The molecular formula is C15H15N3O4. The number of carbonyl (C=O) groups excluding carboxylic acids is 1. The number of carbonyl (C=O) groups is 1. The molecule has 7 heteroatoms. The number of amides is 1. The first kappa shape index (κ1) is 16.8. The van der Waals surface area contributed by atoms with Crippen LogP contribution < -0.4 is 5.32 Å². The highest BCUT2D eigenvalue weighted by atomic mass is 16.6. The highest BCUT2D eigenvalue weighted by Crippen LogP contribution is 2.20. The van der Waals surface area contributed by atoms with Gasteiger partial charge in [0.05, 0.1) is 4.92 Å². The van der Waals surface area contributed by atoms with E-state index in [4.69, 9.17) is 10.5 Å². The largest absolute Gasteiger partial charge is 0.507 e. The molecule has 22 heavy (non-hydrogen) atoms. The molecule has 0 heterocycles. The van der Waals surface area contributed by atoms with Crippen LogP contribution in [0.4, 0.5) is 5.69 Å². The number of nitro benzene ring substituents is 1. The fourth-order valence-electron chi connectivity index (χ4n) is 1.50. The van der Waals surface area contributed by atoms with Gasteiger partial charge in [0.1, 0.15) is 5.75 Å². The van der Waals surface area contributed by atoms with Crippen molar-refractivity contribution in [3.8, 4) is 5.75 Å². The molecule has 0 bridgehead atoms. The predicted molar refractivity (Wildman–Crippen MR) is 82.5 cm³/mol. The van der Waals surface area contributed by atoms with Crippen molar-refractivity contribution in [1.29, 1.82) is 5.41 Å². The van der Waals surface area contributed by atoms with Gasteiger partial charge in [0.25, 0.3) is 11.6 Å². The van der Waals surface area contributed by atoms with E-state index in [-0.39, 0.29) is 22.9 Å². The lowest BCUT2D eigenvalue weighted by molar-refractivity contribution is -0.384. The van der Waals surface area contributed by atoms with Crippen LogP contribution >= 0.6 is 0 Å². The summed E-state index contributed by atoms with van der Waals surface area (Å²) in [5.74, 6) is -0.170. The minimum atomic E-state index is -0.577. The summed E-state index contributed by atoms with van der Waals surface area (Å²) >= 11 is 0. The standard InChI is InChI=1S/C8H9NO.C7H6N2O3/c1-9-8(10)7-5-3-2-4-6-7;8-4-5-3-6(9(11)12)1-2-7(5)10/h2-6H,1H3,(H,9,10);1-4,8,10H. The molecule has 0 aliphatic carbocycles. The fourth-order valence-corrected chi connectivity index (χ4v) is 1.50. The van der Waals surface area contributed by atoms with Crippen molar-refractivity contribution in [3.63, 3.8) is 0 Å². The quantitative estimate of drug-likeness (QED) is 0.458. The molecule has 0 fully saturated rings. The van der Waals surface area contributed by atoms with Crippen molar-refractivity contribution in [2.24, 2.45) is 0 Å². The van der Waals surface area contributed by atoms with Crippen LogP contribution in [0.1, 0.15) is 15.9 Å². The van der Waals surface area contributed by atoms with E-state index in [1.54, 1.807) is 19.2 Å². The Bertz CT molecular complexity index is 672. The molecule has 2 aromatic rings. The summed E-state index contributed by atoms with van der Waals surface area (Å²) in [6.07, 6.45) is 0.863. The van der Waals surface area contributed by atoms with Crippen LogP contribution in [0.2, 0.25) is 0 Å².